The van der Waals surface area contributed by atoms with Crippen molar-refractivity contribution in [2.24, 2.45) is 5.92 Å². The van der Waals surface area contributed by atoms with E-state index in [2.05, 4.69) is 4.90 Å². The fourth-order valence-electron chi connectivity index (χ4n) is 2.58. The van der Waals surface area contributed by atoms with E-state index in [0.717, 1.165) is 25.1 Å². The Kier molecular flexibility index (Phi) is 3.83. The number of rotatable bonds is 3. The number of carbonyl (C=O) groups excluding carboxylic acids is 1. The Hall–Kier alpha value is -1.91. The minimum Gasteiger partial charge on any atom is -0.371 e. The highest BCUT2D eigenvalue weighted by Crippen LogP contribution is 2.28. The lowest BCUT2D eigenvalue weighted by molar-refractivity contribution is -0.385. The summed E-state index contributed by atoms with van der Waals surface area (Å²) in [6, 6.07) is 5.15. The molecule has 0 spiro atoms. The van der Waals surface area contributed by atoms with Crippen LogP contribution in [0.4, 0.5) is 11.4 Å². The Balaban J connectivity index is 2.20. The van der Waals surface area contributed by atoms with E-state index in [1.165, 1.54) is 0 Å². The number of ketones is 1. The molecule has 0 bridgehead atoms. The lowest BCUT2D eigenvalue weighted by Gasteiger charge is -2.33. The summed E-state index contributed by atoms with van der Waals surface area (Å²) in [5, 5.41) is 10.8. The molecule has 5 nitrogen and oxygen atoms in total. The van der Waals surface area contributed by atoms with Gasteiger partial charge in [0.05, 0.1) is 4.92 Å². The molecule has 1 aromatic carbocycles. The van der Waals surface area contributed by atoms with E-state index in [1.54, 1.807) is 26.0 Å². The third kappa shape index (κ3) is 2.92. The van der Waals surface area contributed by atoms with Crippen molar-refractivity contribution in [3.63, 3.8) is 0 Å². The number of piperidine rings is 1. The van der Waals surface area contributed by atoms with E-state index in [-0.39, 0.29) is 22.3 Å². The molecule has 1 heterocycles. The molecule has 2 rings (SSSR count). The summed E-state index contributed by atoms with van der Waals surface area (Å²) in [5.74, 6) is 0.313. The predicted octanol–water partition coefficient (Wildman–Crippen LogP) is 2.71. The van der Waals surface area contributed by atoms with E-state index >= 15 is 0 Å². The van der Waals surface area contributed by atoms with Crippen LogP contribution in [0.3, 0.4) is 0 Å². The molecular weight excluding hydrogens is 244 g/mol. The largest absolute Gasteiger partial charge is 0.371 e. The van der Waals surface area contributed by atoms with Crippen molar-refractivity contribution >= 4 is 17.2 Å². The van der Waals surface area contributed by atoms with Gasteiger partial charge in [0, 0.05) is 36.3 Å². The van der Waals surface area contributed by atoms with Gasteiger partial charge in [0.25, 0.3) is 5.69 Å². The SMILES string of the molecule is CC(=O)C1CCCN(c2ccc([N+](=O)[O-])c(C)c2)C1. The number of aryl methyl sites for hydroxylation is 1. The zero-order valence-electron chi connectivity index (χ0n) is 11.3. The highest BCUT2D eigenvalue weighted by Gasteiger charge is 2.24. The van der Waals surface area contributed by atoms with Crippen molar-refractivity contribution in [1.29, 1.82) is 0 Å². The van der Waals surface area contributed by atoms with Gasteiger partial charge in [-0.25, -0.2) is 0 Å². The molecule has 1 atom stereocenters. The lowest BCUT2D eigenvalue weighted by atomic mass is 9.94. The topological polar surface area (TPSA) is 63.5 Å². The van der Waals surface area contributed by atoms with Gasteiger partial charge in [-0.1, -0.05) is 0 Å². The monoisotopic (exact) mass is 262 g/mol. The number of hydrogen-bond donors (Lipinski definition) is 0. The van der Waals surface area contributed by atoms with Crippen LogP contribution in [0, 0.1) is 23.0 Å². The number of nitrogens with zero attached hydrogens (tertiary/aromatic N) is 2. The van der Waals surface area contributed by atoms with Crippen LogP contribution in [0.1, 0.15) is 25.3 Å². The number of benzene rings is 1. The molecule has 1 aromatic rings. The normalized spacial score (nSPS) is 19.3. The lowest BCUT2D eigenvalue weighted by Crippen LogP contribution is -2.38. The van der Waals surface area contributed by atoms with Crippen molar-refractivity contribution in [2.45, 2.75) is 26.7 Å². The fraction of sp³-hybridized carbons (Fsp3) is 0.500. The number of Topliss-reactive ketones (excluding diaryl/α,β-unsaturated/α-hetero) is 1. The number of anilines is 1. The zero-order valence-corrected chi connectivity index (χ0v) is 11.3. The molecule has 1 saturated heterocycles. The maximum Gasteiger partial charge on any atom is 0.272 e. The molecule has 102 valence electrons. The van der Waals surface area contributed by atoms with Crippen LogP contribution in [0.2, 0.25) is 0 Å². The molecule has 0 N–H and O–H groups in total. The molecule has 1 unspecified atom stereocenters. The first-order valence-corrected chi connectivity index (χ1v) is 6.49. The van der Waals surface area contributed by atoms with Crippen molar-refractivity contribution in [3.05, 3.63) is 33.9 Å². The van der Waals surface area contributed by atoms with Gasteiger partial charge in [0.15, 0.2) is 0 Å². The Morgan fingerprint density at radius 2 is 2.21 bits per heavy atom. The molecular formula is C14H18N2O3. The van der Waals surface area contributed by atoms with Gasteiger partial charge >= 0.3 is 0 Å². The van der Waals surface area contributed by atoms with Crippen molar-refractivity contribution < 1.29 is 9.72 Å². The van der Waals surface area contributed by atoms with Crippen LogP contribution in [0.5, 0.6) is 0 Å². The summed E-state index contributed by atoms with van der Waals surface area (Å²) in [6.07, 6.45) is 1.93. The minimum absolute atomic E-state index is 0.0873. The van der Waals surface area contributed by atoms with Gasteiger partial charge in [0.2, 0.25) is 0 Å². The zero-order chi connectivity index (χ0) is 14.0. The Morgan fingerprint density at radius 1 is 1.47 bits per heavy atom. The van der Waals surface area contributed by atoms with Crippen molar-refractivity contribution in [2.75, 3.05) is 18.0 Å². The first-order chi connectivity index (χ1) is 8.99. The van der Waals surface area contributed by atoms with E-state index in [9.17, 15) is 14.9 Å². The summed E-state index contributed by atoms with van der Waals surface area (Å²) in [5.41, 5.74) is 1.77. The van der Waals surface area contributed by atoms with E-state index in [1.807, 2.05) is 6.07 Å². The third-order valence-electron chi connectivity index (χ3n) is 3.74. The van der Waals surface area contributed by atoms with Crippen LogP contribution in [0.25, 0.3) is 0 Å². The van der Waals surface area contributed by atoms with Crippen LogP contribution < -0.4 is 4.90 Å². The Labute approximate surface area is 112 Å². The van der Waals surface area contributed by atoms with Gasteiger partial charge in [-0.3, -0.25) is 14.9 Å². The molecule has 1 fully saturated rings. The molecule has 0 aliphatic carbocycles. The second kappa shape index (κ2) is 5.38. The van der Waals surface area contributed by atoms with Crippen LogP contribution >= 0.6 is 0 Å². The average Bonchev–Trinajstić information content (AvgIpc) is 2.38. The summed E-state index contributed by atoms with van der Waals surface area (Å²) < 4.78 is 0. The highest BCUT2D eigenvalue weighted by atomic mass is 16.6. The second-order valence-electron chi connectivity index (χ2n) is 5.12. The van der Waals surface area contributed by atoms with Gasteiger partial charge in [-0.05, 0) is 38.8 Å². The van der Waals surface area contributed by atoms with Gasteiger partial charge < -0.3 is 4.90 Å². The first kappa shape index (κ1) is 13.5. The summed E-state index contributed by atoms with van der Waals surface area (Å²) in [4.78, 5) is 24.0. The first-order valence-electron chi connectivity index (χ1n) is 6.49. The molecule has 0 aromatic heterocycles. The molecule has 0 radical (unpaired) electrons. The number of nitro benzene ring substituents is 1. The van der Waals surface area contributed by atoms with E-state index in [4.69, 9.17) is 0 Å². The molecule has 0 amide bonds. The molecule has 5 heteroatoms. The summed E-state index contributed by atoms with van der Waals surface area (Å²) >= 11 is 0. The average molecular weight is 262 g/mol. The van der Waals surface area contributed by atoms with Crippen molar-refractivity contribution in [3.8, 4) is 0 Å². The van der Waals surface area contributed by atoms with Crippen LogP contribution in [-0.2, 0) is 4.79 Å². The molecule has 0 saturated carbocycles. The Bertz CT molecular complexity index is 513. The molecule has 1 aliphatic heterocycles. The molecule has 1 aliphatic rings. The number of hydrogen-bond acceptors (Lipinski definition) is 4. The summed E-state index contributed by atoms with van der Waals surface area (Å²) in [7, 11) is 0. The summed E-state index contributed by atoms with van der Waals surface area (Å²) in [6.45, 7) is 5.00. The fourth-order valence-corrected chi connectivity index (χ4v) is 2.58. The minimum atomic E-state index is -0.367. The van der Waals surface area contributed by atoms with E-state index < -0.39 is 0 Å². The number of nitro groups is 1. The number of carbonyl (C=O) groups is 1. The predicted molar refractivity (Wildman–Crippen MR) is 73.5 cm³/mol. The quantitative estimate of drug-likeness (QED) is 0.620. The highest BCUT2D eigenvalue weighted by molar-refractivity contribution is 5.79. The van der Waals surface area contributed by atoms with Gasteiger partial charge in [0.1, 0.15) is 5.78 Å². The van der Waals surface area contributed by atoms with E-state index in [0.29, 0.717) is 12.1 Å². The van der Waals surface area contributed by atoms with Gasteiger partial charge in [-0.15, -0.1) is 0 Å². The maximum absolute atomic E-state index is 11.5. The van der Waals surface area contributed by atoms with Gasteiger partial charge in [-0.2, -0.15) is 0 Å². The molecule has 19 heavy (non-hydrogen) atoms. The second-order valence-corrected chi connectivity index (χ2v) is 5.12. The Morgan fingerprint density at radius 3 is 2.79 bits per heavy atom. The van der Waals surface area contributed by atoms with Crippen LogP contribution in [-0.4, -0.2) is 23.8 Å². The van der Waals surface area contributed by atoms with Crippen molar-refractivity contribution in [1.82, 2.24) is 0 Å². The smallest absolute Gasteiger partial charge is 0.272 e. The maximum atomic E-state index is 11.5. The van der Waals surface area contributed by atoms with Crippen LogP contribution in [0.15, 0.2) is 18.2 Å². The third-order valence-corrected chi connectivity index (χ3v) is 3.74. The standard InChI is InChI=1S/C14H18N2O3/c1-10-8-13(5-6-14(10)16(18)19)15-7-3-4-12(9-15)11(2)17/h5-6,8,12H,3-4,7,9H2,1-2H3.